The van der Waals surface area contributed by atoms with Gasteiger partial charge in [0, 0.05) is 12.5 Å². The van der Waals surface area contributed by atoms with Crippen molar-refractivity contribution in [1.82, 2.24) is 0 Å². The van der Waals surface area contributed by atoms with E-state index in [0.29, 0.717) is 13.2 Å². The number of nitrogens with two attached hydrogens (primary N) is 1. The Hall–Kier alpha value is -1.84. The zero-order valence-electron chi connectivity index (χ0n) is 12.6. The molecule has 0 saturated heterocycles. The number of aryl methyl sites for hydroxylation is 1. The molecule has 3 N–H and O–H groups in total. The third-order valence-electron chi connectivity index (χ3n) is 3.76. The second-order valence-corrected chi connectivity index (χ2v) is 5.15. The summed E-state index contributed by atoms with van der Waals surface area (Å²) >= 11 is 0. The lowest BCUT2D eigenvalue weighted by Gasteiger charge is -2.24. The smallest absolute Gasteiger partial charge is 0.119 e. The van der Waals surface area contributed by atoms with Crippen LogP contribution >= 0.6 is 0 Å². The first-order valence-electron chi connectivity index (χ1n) is 7.33. The molecule has 3 heteroatoms. The molecule has 2 atom stereocenters. The van der Waals surface area contributed by atoms with E-state index in [9.17, 15) is 5.11 Å². The first-order chi connectivity index (χ1) is 10.2. The molecule has 21 heavy (non-hydrogen) atoms. The average molecular weight is 285 g/mol. The summed E-state index contributed by atoms with van der Waals surface area (Å²) in [4.78, 5) is 0. The van der Waals surface area contributed by atoms with E-state index in [1.165, 1.54) is 0 Å². The Morgan fingerprint density at radius 2 is 1.76 bits per heavy atom. The number of benzene rings is 2. The van der Waals surface area contributed by atoms with Gasteiger partial charge in [0.1, 0.15) is 5.75 Å². The monoisotopic (exact) mass is 285 g/mol. The molecule has 0 aliphatic heterocycles. The summed E-state index contributed by atoms with van der Waals surface area (Å²) in [6.45, 7) is 5.00. The summed E-state index contributed by atoms with van der Waals surface area (Å²) in [6, 6.07) is 15.7. The van der Waals surface area contributed by atoms with Gasteiger partial charge in [0.2, 0.25) is 0 Å². The molecule has 0 amide bonds. The highest BCUT2D eigenvalue weighted by atomic mass is 16.5. The molecule has 0 aromatic heterocycles. The van der Waals surface area contributed by atoms with Crippen molar-refractivity contribution >= 4 is 0 Å². The lowest BCUT2D eigenvalue weighted by Crippen LogP contribution is -2.20. The Morgan fingerprint density at radius 1 is 1.10 bits per heavy atom. The SMILES string of the molecule is CCOc1ccc(C(CN)C(O)c2ccccc2C)cc1. The van der Waals surface area contributed by atoms with E-state index in [0.717, 1.165) is 22.4 Å². The number of rotatable bonds is 6. The average Bonchev–Trinajstić information content (AvgIpc) is 2.50. The highest BCUT2D eigenvalue weighted by Crippen LogP contribution is 2.32. The van der Waals surface area contributed by atoms with Gasteiger partial charge in [-0.25, -0.2) is 0 Å². The Balaban J connectivity index is 2.24. The molecule has 0 spiro atoms. The number of aliphatic hydroxyl groups is 1. The third-order valence-corrected chi connectivity index (χ3v) is 3.76. The van der Waals surface area contributed by atoms with E-state index in [-0.39, 0.29) is 5.92 Å². The van der Waals surface area contributed by atoms with Crippen molar-refractivity contribution in [1.29, 1.82) is 0 Å². The van der Waals surface area contributed by atoms with Crippen LogP contribution in [0.2, 0.25) is 0 Å². The van der Waals surface area contributed by atoms with Crippen molar-refractivity contribution in [3.05, 3.63) is 65.2 Å². The van der Waals surface area contributed by atoms with Gasteiger partial charge in [-0.3, -0.25) is 0 Å². The van der Waals surface area contributed by atoms with E-state index < -0.39 is 6.10 Å². The largest absolute Gasteiger partial charge is 0.494 e. The molecule has 2 aromatic carbocycles. The van der Waals surface area contributed by atoms with E-state index in [4.69, 9.17) is 10.5 Å². The van der Waals surface area contributed by atoms with Gasteiger partial charge in [-0.05, 0) is 42.7 Å². The molecule has 0 fully saturated rings. The lowest BCUT2D eigenvalue weighted by atomic mass is 9.87. The molecule has 0 aliphatic rings. The van der Waals surface area contributed by atoms with Crippen LogP contribution in [-0.4, -0.2) is 18.3 Å². The fourth-order valence-corrected chi connectivity index (χ4v) is 2.56. The first-order valence-corrected chi connectivity index (χ1v) is 7.33. The van der Waals surface area contributed by atoms with Gasteiger partial charge in [0.25, 0.3) is 0 Å². The minimum atomic E-state index is -0.603. The lowest BCUT2D eigenvalue weighted by molar-refractivity contribution is 0.146. The molecule has 0 saturated carbocycles. The molecule has 0 bridgehead atoms. The molecule has 2 unspecified atom stereocenters. The molecule has 3 nitrogen and oxygen atoms in total. The predicted molar refractivity (Wildman–Crippen MR) is 85.5 cm³/mol. The molecule has 112 valence electrons. The van der Waals surface area contributed by atoms with Crippen LogP contribution in [-0.2, 0) is 0 Å². The van der Waals surface area contributed by atoms with Gasteiger partial charge in [-0.1, -0.05) is 36.4 Å². The Morgan fingerprint density at radius 3 is 2.33 bits per heavy atom. The normalized spacial score (nSPS) is 13.7. The number of hydrogen-bond donors (Lipinski definition) is 2. The second-order valence-electron chi connectivity index (χ2n) is 5.15. The van der Waals surface area contributed by atoms with Crippen molar-refractivity contribution in [2.75, 3.05) is 13.2 Å². The maximum atomic E-state index is 10.7. The highest BCUT2D eigenvalue weighted by molar-refractivity contribution is 5.34. The minimum absolute atomic E-state index is 0.123. The minimum Gasteiger partial charge on any atom is -0.494 e. The number of ether oxygens (including phenoxy) is 1. The molecule has 0 radical (unpaired) electrons. The van der Waals surface area contributed by atoms with E-state index in [1.54, 1.807) is 0 Å². The zero-order valence-corrected chi connectivity index (χ0v) is 12.6. The van der Waals surface area contributed by atoms with Crippen LogP contribution in [0.1, 0.15) is 35.6 Å². The maximum Gasteiger partial charge on any atom is 0.119 e. The fourth-order valence-electron chi connectivity index (χ4n) is 2.56. The summed E-state index contributed by atoms with van der Waals surface area (Å²) in [7, 11) is 0. The number of aliphatic hydroxyl groups excluding tert-OH is 1. The maximum absolute atomic E-state index is 10.7. The second kappa shape index (κ2) is 7.25. The highest BCUT2D eigenvalue weighted by Gasteiger charge is 2.22. The van der Waals surface area contributed by atoms with Crippen molar-refractivity contribution < 1.29 is 9.84 Å². The molecule has 0 heterocycles. The fraction of sp³-hybridized carbons (Fsp3) is 0.333. The van der Waals surface area contributed by atoms with Crippen LogP contribution in [0.15, 0.2) is 48.5 Å². The van der Waals surface area contributed by atoms with Crippen LogP contribution in [0, 0.1) is 6.92 Å². The van der Waals surface area contributed by atoms with E-state index >= 15 is 0 Å². The van der Waals surface area contributed by atoms with Gasteiger partial charge >= 0.3 is 0 Å². The third kappa shape index (κ3) is 3.63. The summed E-state index contributed by atoms with van der Waals surface area (Å²) in [5, 5.41) is 10.7. The van der Waals surface area contributed by atoms with E-state index in [1.807, 2.05) is 62.4 Å². The van der Waals surface area contributed by atoms with Crippen molar-refractivity contribution in [2.45, 2.75) is 25.9 Å². The first kappa shape index (κ1) is 15.5. The van der Waals surface area contributed by atoms with Crippen LogP contribution in [0.5, 0.6) is 5.75 Å². The quantitative estimate of drug-likeness (QED) is 0.857. The number of hydrogen-bond acceptors (Lipinski definition) is 3. The molecule has 2 rings (SSSR count). The summed E-state index contributed by atoms with van der Waals surface area (Å²) < 4.78 is 5.44. The molecule has 2 aromatic rings. The topological polar surface area (TPSA) is 55.5 Å². The van der Waals surface area contributed by atoms with Gasteiger partial charge in [0.15, 0.2) is 0 Å². The van der Waals surface area contributed by atoms with Gasteiger partial charge in [-0.15, -0.1) is 0 Å². The predicted octanol–water partition coefficient (Wildman–Crippen LogP) is 3.17. The van der Waals surface area contributed by atoms with Crippen LogP contribution in [0.4, 0.5) is 0 Å². The molecule has 0 aliphatic carbocycles. The van der Waals surface area contributed by atoms with Crippen LogP contribution in [0.25, 0.3) is 0 Å². The van der Waals surface area contributed by atoms with Crippen LogP contribution in [0.3, 0.4) is 0 Å². The summed E-state index contributed by atoms with van der Waals surface area (Å²) in [6.07, 6.45) is -0.603. The molecular weight excluding hydrogens is 262 g/mol. The Kier molecular flexibility index (Phi) is 5.37. The molecular formula is C18H23NO2. The van der Waals surface area contributed by atoms with Gasteiger partial charge in [-0.2, -0.15) is 0 Å². The Bertz CT molecular complexity index is 566. The standard InChI is InChI=1S/C18H23NO2/c1-3-21-15-10-8-14(9-11-15)17(12-19)18(20)16-7-5-4-6-13(16)2/h4-11,17-18,20H,3,12,19H2,1-2H3. The Labute approximate surface area is 126 Å². The van der Waals surface area contributed by atoms with E-state index in [2.05, 4.69) is 0 Å². The zero-order chi connectivity index (χ0) is 15.2. The summed E-state index contributed by atoms with van der Waals surface area (Å²) in [5.74, 6) is 0.712. The van der Waals surface area contributed by atoms with Crippen molar-refractivity contribution in [3.8, 4) is 5.75 Å². The van der Waals surface area contributed by atoms with Crippen molar-refractivity contribution in [3.63, 3.8) is 0 Å². The van der Waals surface area contributed by atoms with Gasteiger partial charge < -0.3 is 15.6 Å². The van der Waals surface area contributed by atoms with Crippen molar-refractivity contribution in [2.24, 2.45) is 5.73 Å². The van der Waals surface area contributed by atoms with Crippen LogP contribution < -0.4 is 10.5 Å². The summed E-state index contributed by atoms with van der Waals surface area (Å²) in [5.41, 5.74) is 8.93. The van der Waals surface area contributed by atoms with Gasteiger partial charge in [0.05, 0.1) is 12.7 Å².